The molecule has 0 aromatic heterocycles. The van der Waals surface area contributed by atoms with E-state index in [1.165, 1.54) is 13.8 Å². The highest BCUT2D eigenvalue weighted by Gasteiger charge is 2.44. The Balaban J connectivity index is 3.16. The van der Waals surface area contributed by atoms with Crippen LogP contribution in [0.2, 0.25) is 0 Å². The number of nitrogens with zero attached hydrogens (tertiary/aromatic N) is 1. The highest BCUT2D eigenvalue weighted by molar-refractivity contribution is 6.32. The van der Waals surface area contributed by atoms with Crippen LogP contribution in [0.25, 0.3) is 0 Å². The van der Waals surface area contributed by atoms with Crippen molar-refractivity contribution in [2.75, 3.05) is 4.42 Å². The molecule has 0 radical (unpaired) electrons. The standard InChI is InChI=1S/C11H12ClNO3/c1-8(14)11(2,10(15)16)13(12)9-6-4-3-5-7-9/h3-7H,1-2H3,(H,15,16). The maximum Gasteiger partial charge on any atom is 0.338 e. The number of carbonyl (C=O) groups is 2. The average molecular weight is 242 g/mol. The average Bonchev–Trinajstić information content (AvgIpc) is 2.27. The fourth-order valence-corrected chi connectivity index (χ4v) is 1.49. The number of ketones is 1. The molecule has 1 atom stereocenters. The van der Waals surface area contributed by atoms with Crippen LogP contribution < -0.4 is 4.42 Å². The minimum Gasteiger partial charge on any atom is -0.479 e. The minimum atomic E-state index is -1.76. The van der Waals surface area contributed by atoms with Gasteiger partial charge >= 0.3 is 5.97 Å². The van der Waals surface area contributed by atoms with E-state index in [1.54, 1.807) is 30.3 Å². The molecule has 4 nitrogen and oxygen atoms in total. The molecule has 0 amide bonds. The Morgan fingerprint density at radius 2 is 1.81 bits per heavy atom. The van der Waals surface area contributed by atoms with Crippen molar-refractivity contribution >= 4 is 29.2 Å². The molecule has 1 rings (SSSR count). The van der Waals surface area contributed by atoms with Gasteiger partial charge in [-0.3, -0.25) is 9.21 Å². The number of para-hydroxylation sites is 1. The van der Waals surface area contributed by atoms with E-state index in [0.29, 0.717) is 5.69 Å². The van der Waals surface area contributed by atoms with Gasteiger partial charge in [-0.05, 0) is 26.0 Å². The Bertz CT molecular complexity index is 391. The number of anilines is 1. The highest BCUT2D eigenvalue weighted by Crippen LogP contribution is 2.27. The molecule has 16 heavy (non-hydrogen) atoms. The summed E-state index contributed by atoms with van der Waals surface area (Å²) >= 11 is 5.94. The van der Waals surface area contributed by atoms with Gasteiger partial charge in [0.25, 0.3) is 0 Å². The lowest BCUT2D eigenvalue weighted by atomic mass is 9.97. The number of carboxylic acid groups (broad SMARTS) is 1. The zero-order chi connectivity index (χ0) is 12.3. The number of hydrogen-bond donors (Lipinski definition) is 1. The van der Waals surface area contributed by atoms with Crippen LogP contribution in [0.5, 0.6) is 0 Å². The van der Waals surface area contributed by atoms with E-state index in [2.05, 4.69) is 0 Å². The smallest absolute Gasteiger partial charge is 0.338 e. The van der Waals surface area contributed by atoms with Gasteiger partial charge < -0.3 is 5.11 Å². The van der Waals surface area contributed by atoms with Crippen LogP contribution in [0.4, 0.5) is 5.69 Å². The number of aliphatic carboxylic acids is 1. The summed E-state index contributed by atoms with van der Waals surface area (Å²) in [6.07, 6.45) is 0. The highest BCUT2D eigenvalue weighted by atomic mass is 35.5. The van der Waals surface area contributed by atoms with Crippen molar-refractivity contribution in [3.63, 3.8) is 0 Å². The van der Waals surface area contributed by atoms with Gasteiger partial charge in [0.05, 0.1) is 5.69 Å². The van der Waals surface area contributed by atoms with Crippen LogP contribution in [-0.4, -0.2) is 22.4 Å². The predicted molar refractivity (Wildman–Crippen MR) is 61.5 cm³/mol. The Morgan fingerprint density at radius 3 is 2.19 bits per heavy atom. The molecule has 1 unspecified atom stereocenters. The Hall–Kier alpha value is -1.55. The second kappa shape index (κ2) is 4.53. The number of carbonyl (C=O) groups excluding carboxylic acids is 1. The van der Waals surface area contributed by atoms with E-state index in [0.717, 1.165) is 4.42 Å². The molecule has 1 N–H and O–H groups in total. The number of halogens is 1. The van der Waals surface area contributed by atoms with Gasteiger partial charge in [0.1, 0.15) is 0 Å². The van der Waals surface area contributed by atoms with Crippen LogP contribution in [0, 0.1) is 0 Å². The van der Waals surface area contributed by atoms with Crippen LogP contribution in [-0.2, 0) is 9.59 Å². The maximum absolute atomic E-state index is 11.4. The molecule has 86 valence electrons. The van der Waals surface area contributed by atoms with E-state index in [4.69, 9.17) is 16.9 Å². The summed E-state index contributed by atoms with van der Waals surface area (Å²) < 4.78 is 0.942. The molecule has 0 aliphatic carbocycles. The summed E-state index contributed by atoms with van der Waals surface area (Å²) in [4.78, 5) is 22.5. The first-order valence-corrected chi connectivity index (χ1v) is 5.00. The Morgan fingerprint density at radius 1 is 1.31 bits per heavy atom. The molecule has 0 aliphatic heterocycles. The quantitative estimate of drug-likeness (QED) is 0.648. The third-order valence-corrected chi connectivity index (χ3v) is 3.01. The molecule has 0 fully saturated rings. The number of hydrogen-bond acceptors (Lipinski definition) is 3. The summed E-state index contributed by atoms with van der Waals surface area (Å²) in [5.74, 6) is -1.81. The number of carboxylic acids is 1. The molecule has 0 heterocycles. The summed E-state index contributed by atoms with van der Waals surface area (Å²) in [6.45, 7) is 2.48. The second-order valence-corrected chi connectivity index (χ2v) is 3.89. The first kappa shape index (κ1) is 12.5. The molecule has 0 bridgehead atoms. The summed E-state index contributed by atoms with van der Waals surface area (Å²) in [6, 6.07) is 8.48. The lowest BCUT2D eigenvalue weighted by Crippen LogP contribution is -2.53. The monoisotopic (exact) mass is 241 g/mol. The lowest BCUT2D eigenvalue weighted by molar-refractivity contribution is -0.146. The number of Topliss-reactive ketones (excluding diaryl/α,β-unsaturated/α-hetero) is 1. The topological polar surface area (TPSA) is 57.6 Å². The van der Waals surface area contributed by atoms with Crippen molar-refractivity contribution < 1.29 is 14.7 Å². The summed E-state index contributed by atoms with van der Waals surface area (Å²) in [5, 5.41) is 9.09. The molecule has 0 saturated heterocycles. The van der Waals surface area contributed by atoms with E-state index < -0.39 is 17.3 Å². The third kappa shape index (κ3) is 2.02. The molecule has 0 aliphatic rings. The number of rotatable bonds is 4. The first-order chi connectivity index (χ1) is 7.40. The van der Waals surface area contributed by atoms with Crippen LogP contribution >= 0.6 is 11.8 Å². The maximum atomic E-state index is 11.4. The number of benzene rings is 1. The van der Waals surface area contributed by atoms with E-state index >= 15 is 0 Å². The Labute approximate surface area is 98.5 Å². The molecule has 0 saturated carbocycles. The zero-order valence-corrected chi connectivity index (χ0v) is 9.73. The van der Waals surface area contributed by atoms with Crippen LogP contribution in [0.15, 0.2) is 30.3 Å². The SMILES string of the molecule is CC(=O)C(C)(C(=O)O)N(Cl)c1ccccc1. The van der Waals surface area contributed by atoms with Gasteiger partial charge in [-0.2, -0.15) is 0 Å². The molecule has 1 aromatic rings. The van der Waals surface area contributed by atoms with Gasteiger partial charge in [0.15, 0.2) is 5.78 Å². The van der Waals surface area contributed by atoms with Gasteiger partial charge in [-0.1, -0.05) is 18.2 Å². The van der Waals surface area contributed by atoms with Crippen molar-refractivity contribution in [1.29, 1.82) is 0 Å². The molecule has 1 aromatic carbocycles. The molecule has 0 spiro atoms. The van der Waals surface area contributed by atoms with Gasteiger partial charge in [0.2, 0.25) is 5.54 Å². The van der Waals surface area contributed by atoms with Crippen LogP contribution in [0.3, 0.4) is 0 Å². The molecular formula is C11H12ClNO3. The molecule has 5 heteroatoms. The second-order valence-electron chi connectivity index (χ2n) is 3.55. The van der Waals surface area contributed by atoms with Gasteiger partial charge in [-0.15, -0.1) is 0 Å². The third-order valence-electron chi connectivity index (χ3n) is 2.48. The summed E-state index contributed by atoms with van der Waals surface area (Å²) in [5.41, 5.74) is -1.30. The normalized spacial score (nSPS) is 13.9. The lowest BCUT2D eigenvalue weighted by Gasteiger charge is -2.31. The minimum absolute atomic E-state index is 0.462. The fraction of sp³-hybridized carbons (Fsp3) is 0.273. The van der Waals surface area contributed by atoms with Crippen molar-refractivity contribution in [2.24, 2.45) is 0 Å². The van der Waals surface area contributed by atoms with Gasteiger partial charge in [0, 0.05) is 11.8 Å². The Kier molecular flexibility index (Phi) is 3.55. The van der Waals surface area contributed by atoms with Crippen LogP contribution in [0.1, 0.15) is 13.8 Å². The summed E-state index contributed by atoms with van der Waals surface area (Å²) in [7, 11) is 0. The van der Waals surface area contributed by atoms with Crippen molar-refractivity contribution in [3.8, 4) is 0 Å². The van der Waals surface area contributed by atoms with E-state index in [1.807, 2.05) is 0 Å². The largest absolute Gasteiger partial charge is 0.479 e. The first-order valence-electron chi connectivity index (χ1n) is 4.66. The molecular weight excluding hydrogens is 230 g/mol. The van der Waals surface area contributed by atoms with Gasteiger partial charge in [-0.25, -0.2) is 4.79 Å². The van der Waals surface area contributed by atoms with Crippen molar-refractivity contribution in [1.82, 2.24) is 0 Å². The van der Waals surface area contributed by atoms with Crippen molar-refractivity contribution in [3.05, 3.63) is 30.3 Å². The fourth-order valence-electron chi connectivity index (χ4n) is 1.19. The predicted octanol–water partition coefficient (Wildman–Crippen LogP) is 2.08. The van der Waals surface area contributed by atoms with E-state index in [-0.39, 0.29) is 0 Å². The van der Waals surface area contributed by atoms with Crippen molar-refractivity contribution in [2.45, 2.75) is 19.4 Å². The zero-order valence-electron chi connectivity index (χ0n) is 8.98. The van der Waals surface area contributed by atoms with E-state index in [9.17, 15) is 9.59 Å².